The average Bonchev–Trinajstić information content (AvgIpc) is 2.71. The molecule has 1 heterocycles. The number of nitriles is 1. The van der Waals surface area contributed by atoms with Gasteiger partial charge in [0.15, 0.2) is 5.78 Å². The molecule has 0 aromatic heterocycles. The third-order valence-corrected chi connectivity index (χ3v) is 2.97. The Morgan fingerprint density at radius 2 is 2.00 bits per heavy atom. The highest BCUT2D eigenvalue weighted by atomic mass is 16.2. The molecule has 0 unspecified atom stereocenters. The van der Waals surface area contributed by atoms with Crippen molar-refractivity contribution in [3.05, 3.63) is 35.4 Å². The van der Waals surface area contributed by atoms with E-state index < -0.39 is 0 Å². The van der Waals surface area contributed by atoms with E-state index >= 15 is 0 Å². The van der Waals surface area contributed by atoms with Crippen LogP contribution in [0.5, 0.6) is 0 Å². The molecule has 0 atom stereocenters. The van der Waals surface area contributed by atoms with Crippen LogP contribution in [0.15, 0.2) is 24.3 Å². The zero-order valence-electron chi connectivity index (χ0n) is 10.1. The number of urea groups is 1. The summed E-state index contributed by atoms with van der Waals surface area (Å²) in [6, 6.07) is 8.32. The number of ketones is 1. The molecule has 1 aliphatic heterocycles. The number of amides is 2. The van der Waals surface area contributed by atoms with Gasteiger partial charge in [0, 0.05) is 25.7 Å². The van der Waals surface area contributed by atoms with E-state index in [0.29, 0.717) is 24.2 Å². The Morgan fingerprint density at radius 3 is 2.50 bits per heavy atom. The lowest BCUT2D eigenvalue weighted by Crippen LogP contribution is -2.33. The molecule has 1 aromatic carbocycles. The van der Waals surface area contributed by atoms with E-state index in [9.17, 15) is 9.59 Å². The SMILES string of the molecule is CN1CCN(CC(=O)c2ccc(C#N)cc2)C1=O. The lowest BCUT2D eigenvalue weighted by Gasteiger charge is -2.14. The standard InChI is InChI=1S/C13H13N3O2/c1-15-6-7-16(13(15)18)9-12(17)11-4-2-10(8-14)3-5-11/h2-5H,6-7,9H2,1H3. The van der Waals surface area contributed by atoms with Crippen molar-refractivity contribution in [1.82, 2.24) is 9.80 Å². The Labute approximate surface area is 105 Å². The summed E-state index contributed by atoms with van der Waals surface area (Å²) in [7, 11) is 1.72. The Kier molecular flexibility index (Phi) is 3.28. The Morgan fingerprint density at radius 1 is 1.33 bits per heavy atom. The summed E-state index contributed by atoms with van der Waals surface area (Å²) in [6.07, 6.45) is 0. The van der Waals surface area contributed by atoms with E-state index in [1.807, 2.05) is 6.07 Å². The van der Waals surface area contributed by atoms with Gasteiger partial charge in [-0.2, -0.15) is 5.26 Å². The first kappa shape index (κ1) is 12.1. The number of hydrogen-bond acceptors (Lipinski definition) is 3. The first-order chi connectivity index (χ1) is 8.61. The maximum Gasteiger partial charge on any atom is 0.320 e. The molecule has 2 amide bonds. The molecule has 0 saturated carbocycles. The van der Waals surface area contributed by atoms with Gasteiger partial charge in [-0.3, -0.25) is 4.79 Å². The predicted octanol–water partition coefficient (Wildman–Crippen LogP) is 1.11. The molecule has 5 nitrogen and oxygen atoms in total. The zero-order chi connectivity index (χ0) is 13.1. The number of hydrogen-bond donors (Lipinski definition) is 0. The first-order valence-corrected chi connectivity index (χ1v) is 5.65. The average molecular weight is 243 g/mol. The third-order valence-electron chi connectivity index (χ3n) is 2.97. The van der Waals surface area contributed by atoms with Gasteiger partial charge in [0.2, 0.25) is 0 Å². The quantitative estimate of drug-likeness (QED) is 0.747. The summed E-state index contributed by atoms with van der Waals surface area (Å²) in [6.45, 7) is 1.33. The number of likely N-dealkylation sites (N-methyl/N-ethyl adjacent to an activating group) is 1. The second kappa shape index (κ2) is 4.88. The van der Waals surface area contributed by atoms with Crippen molar-refractivity contribution in [3.63, 3.8) is 0 Å². The minimum Gasteiger partial charge on any atom is -0.326 e. The van der Waals surface area contributed by atoms with Crippen LogP contribution >= 0.6 is 0 Å². The van der Waals surface area contributed by atoms with Crippen LogP contribution in [-0.2, 0) is 0 Å². The van der Waals surface area contributed by atoms with Gasteiger partial charge in [-0.1, -0.05) is 12.1 Å². The van der Waals surface area contributed by atoms with Crippen molar-refractivity contribution in [2.75, 3.05) is 26.7 Å². The summed E-state index contributed by atoms with van der Waals surface area (Å²) < 4.78 is 0. The molecule has 1 aromatic rings. The highest BCUT2D eigenvalue weighted by molar-refractivity contribution is 5.99. The fourth-order valence-corrected chi connectivity index (χ4v) is 1.85. The topological polar surface area (TPSA) is 64.4 Å². The monoisotopic (exact) mass is 243 g/mol. The molecule has 1 fully saturated rings. The van der Waals surface area contributed by atoms with Gasteiger partial charge < -0.3 is 9.80 Å². The Balaban J connectivity index is 2.04. The van der Waals surface area contributed by atoms with Crippen molar-refractivity contribution in [2.45, 2.75) is 0 Å². The molecule has 1 saturated heterocycles. The fourth-order valence-electron chi connectivity index (χ4n) is 1.85. The normalized spacial score (nSPS) is 14.8. The van der Waals surface area contributed by atoms with E-state index in [4.69, 9.17) is 5.26 Å². The lowest BCUT2D eigenvalue weighted by molar-refractivity contribution is 0.0952. The van der Waals surface area contributed by atoms with Crippen molar-refractivity contribution in [2.24, 2.45) is 0 Å². The van der Waals surface area contributed by atoms with Crippen LogP contribution in [0.1, 0.15) is 15.9 Å². The van der Waals surface area contributed by atoms with E-state index in [1.54, 1.807) is 36.2 Å². The molecule has 0 radical (unpaired) electrons. The number of benzene rings is 1. The van der Waals surface area contributed by atoms with E-state index in [-0.39, 0.29) is 18.4 Å². The zero-order valence-corrected chi connectivity index (χ0v) is 10.1. The summed E-state index contributed by atoms with van der Waals surface area (Å²) in [5, 5.41) is 8.67. The van der Waals surface area contributed by atoms with Crippen molar-refractivity contribution < 1.29 is 9.59 Å². The summed E-state index contributed by atoms with van der Waals surface area (Å²) >= 11 is 0. The lowest BCUT2D eigenvalue weighted by atomic mass is 10.1. The Bertz CT molecular complexity index is 516. The van der Waals surface area contributed by atoms with Gasteiger partial charge >= 0.3 is 6.03 Å². The minimum absolute atomic E-state index is 0.0923. The molecular formula is C13H13N3O2. The van der Waals surface area contributed by atoms with Gasteiger partial charge in [-0.05, 0) is 12.1 Å². The molecule has 0 spiro atoms. The number of Topliss-reactive ketones (excluding diaryl/α,β-unsaturated/α-hetero) is 1. The van der Waals surface area contributed by atoms with Crippen LogP contribution in [0, 0.1) is 11.3 Å². The molecule has 92 valence electrons. The van der Waals surface area contributed by atoms with Gasteiger partial charge in [-0.15, -0.1) is 0 Å². The first-order valence-electron chi connectivity index (χ1n) is 5.65. The molecule has 0 aliphatic carbocycles. The molecule has 1 aliphatic rings. The van der Waals surface area contributed by atoms with E-state index in [0.717, 1.165) is 0 Å². The smallest absolute Gasteiger partial charge is 0.320 e. The number of nitrogens with zero attached hydrogens (tertiary/aromatic N) is 3. The molecule has 5 heteroatoms. The van der Waals surface area contributed by atoms with Crippen molar-refractivity contribution in [1.29, 1.82) is 5.26 Å². The van der Waals surface area contributed by atoms with Crippen LogP contribution in [0.2, 0.25) is 0 Å². The van der Waals surface area contributed by atoms with E-state index in [1.165, 1.54) is 4.90 Å². The van der Waals surface area contributed by atoms with Gasteiger partial charge in [0.05, 0.1) is 18.2 Å². The van der Waals surface area contributed by atoms with Crippen LogP contribution in [0.4, 0.5) is 4.79 Å². The number of carbonyl (C=O) groups is 2. The van der Waals surface area contributed by atoms with Crippen molar-refractivity contribution >= 4 is 11.8 Å². The fraction of sp³-hybridized carbons (Fsp3) is 0.308. The van der Waals surface area contributed by atoms with Gasteiger partial charge in [0.25, 0.3) is 0 Å². The second-order valence-electron chi connectivity index (χ2n) is 4.24. The van der Waals surface area contributed by atoms with Gasteiger partial charge in [-0.25, -0.2) is 4.79 Å². The second-order valence-corrected chi connectivity index (χ2v) is 4.24. The van der Waals surface area contributed by atoms with E-state index in [2.05, 4.69) is 0 Å². The maximum absolute atomic E-state index is 12.0. The van der Waals surface area contributed by atoms with Crippen LogP contribution < -0.4 is 0 Å². The van der Waals surface area contributed by atoms with Crippen LogP contribution in [0.3, 0.4) is 0 Å². The highest BCUT2D eigenvalue weighted by Crippen LogP contribution is 2.09. The third kappa shape index (κ3) is 2.33. The number of rotatable bonds is 3. The predicted molar refractivity (Wildman–Crippen MR) is 65.1 cm³/mol. The molecule has 18 heavy (non-hydrogen) atoms. The maximum atomic E-state index is 12.0. The molecule has 0 bridgehead atoms. The molecule has 2 rings (SSSR count). The summed E-state index contributed by atoms with van der Waals surface area (Å²) in [5.74, 6) is -0.108. The molecule has 0 N–H and O–H groups in total. The minimum atomic E-state index is -0.114. The van der Waals surface area contributed by atoms with Crippen LogP contribution in [-0.4, -0.2) is 48.3 Å². The van der Waals surface area contributed by atoms with Gasteiger partial charge in [0.1, 0.15) is 0 Å². The molecular weight excluding hydrogens is 230 g/mol. The summed E-state index contributed by atoms with van der Waals surface area (Å²) in [4.78, 5) is 26.7. The largest absolute Gasteiger partial charge is 0.326 e. The Hall–Kier alpha value is -2.35. The highest BCUT2D eigenvalue weighted by Gasteiger charge is 2.27. The van der Waals surface area contributed by atoms with Crippen molar-refractivity contribution in [3.8, 4) is 6.07 Å². The summed E-state index contributed by atoms with van der Waals surface area (Å²) in [5.41, 5.74) is 1.04. The van der Waals surface area contributed by atoms with Crippen LogP contribution in [0.25, 0.3) is 0 Å². The number of carbonyl (C=O) groups excluding carboxylic acids is 2.